The van der Waals surface area contributed by atoms with Gasteiger partial charge in [0.15, 0.2) is 5.89 Å². The van der Waals surface area contributed by atoms with Crippen LogP contribution in [0.5, 0.6) is 0 Å². The van der Waals surface area contributed by atoms with E-state index in [1.165, 1.54) is 6.92 Å². The van der Waals surface area contributed by atoms with Crippen molar-refractivity contribution in [1.82, 2.24) is 4.98 Å². The molecule has 0 bridgehead atoms. The van der Waals surface area contributed by atoms with Gasteiger partial charge in [0.2, 0.25) is 17.5 Å². The first-order chi connectivity index (χ1) is 6.54. The summed E-state index contributed by atoms with van der Waals surface area (Å²) in [6, 6.07) is 0. The molecule has 0 aromatic carbocycles. The lowest BCUT2D eigenvalue weighted by Crippen LogP contribution is -2.09. The van der Waals surface area contributed by atoms with Crippen LogP contribution in [0.3, 0.4) is 0 Å². The second-order valence-electron chi connectivity index (χ2n) is 2.63. The molecule has 76 valence electrons. The van der Waals surface area contributed by atoms with Gasteiger partial charge in [-0.25, -0.2) is 9.78 Å². The monoisotopic (exact) mass is 198 g/mol. The zero-order valence-corrected chi connectivity index (χ0v) is 7.83. The van der Waals surface area contributed by atoms with E-state index in [0.29, 0.717) is 6.42 Å². The van der Waals surface area contributed by atoms with Crippen LogP contribution in [0.1, 0.15) is 30.2 Å². The number of aryl methyl sites for hydroxylation is 1. The van der Waals surface area contributed by atoms with E-state index in [2.05, 4.69) is 10.3 Å². The molecular weight excluding hydrogens is 188 g/mol. The second kappa shape index (κ2) is 3.91. The number of nitrogens with zero attached hydrogens (tertiary/aromatic N) is 1. The molecule has 14 heavy (non-hydrogen) atoms. The molecule has 0 saturated carbocycles. The lowest BCUT2D eigenvalue weighted by molar-refractivity contribution is -0.114. The van der Waals surface area contributed by atoms with Gasteiger partial charge in [-0.1, -0.05) is 6.92 Å². The van der Waals surface area contributed by atoms with Crippen LogP contribution < -0.4 is 5.32 Å². The predicted octanol–water partition coefficient (Wildman–Crippen LogP) is 0.894. The molecule has 0 aliphatic heterocycles. The Morgan fingerprint density at radius 1 is 1.57 bits per heavy atom. The van der Waals surface area contributed by atoms with Gasteiger partial charge in [0.1, 0.15) is 0 Å². The highest BCUT2D eigenvalue weighted by Crippen LogP contribution is 2.17. The number of aromatic nitrogens is 1. The Kier molecular flexibility index (Phi) is 2.85. The Morgan fingerprint density at radius 2 is 2.21 bits per heavy atom. The summed E-state index contributed by atoms with van der Waals surface area (Å²) in [7, 11) is 0. The number of carboxylic acids is 1. The first-order valence-corrected chi connectivity index (χ1v) is 4.05. The zero-order valence-electron chi connectivity index (χ0n) is 7.83. The van der Waals surface area contributed by atoms with Crippen LogP contribution in [0.25, 0.3) is 0 Å². The topological polar surface area (TPSA) is 92.4 Å². The minimum absolute atomic E-state index is 0.109. The third kappa shape index (κ3) is 2.09. The maximum Gasteiger partial charge on any atom is 0.360 e. The Bertz CT molecular complexity index is 369. The van der Waals surface area contributed by atoms with E-state index in [0.717, 1.165) is 0 Å². The number of oxazole rings is 1. The fourth-order valence-electron chi connectivity index (χ4n) is 0.905. The SMILES string of the molecule is CCc1nc(C(=O)O)c(NC(C)=O)o1. The molecule has 0 unspecified atom stereocenters. The third-order valence-electron chi connectivity index (χ3n) is 1.47. The Hall–Kier alpha value is -1.85. The number of hydrogen-bond acceptors (Lipinski definition) is 4. The van der Waals surface area contributed by atoms with E-state index in [4.69, 9.17) is 9.52 Å². The summed E-state index contributed by atoms with van der Waals surface area (Å²) >= 11 is 0. The summed E-state index contributed by atoms with van der Waals surface area (Å²) in [5.41, 5.74) is -0.267. The molecule has 0 radical (unpaired) electrons. The number of amides is 1. The smallest absolute Gasteiger partial charge is 0.360 e. The lowest BCUT2D eigenvalue weighted by atomic mass is 10.4. The van der Waals surface area contributed by atoms with Gasteiger partial charge >= 0.3 is 5.97 Å². The number of aromatic carboxylic acids is 1. The van der Waals surface area contributed by atoms with Crippen LogP contribution in [0.4, 0.5) is 5.88 Å². The minimum atomic E-state index is -1.22. The van der Waals surface area contributed by atoms with E-state index in [1.807, 2.05) is 0 Å². The van der Waals surface area contributed by atoms with Gasteiger partial charge < -0.3 is 9.52 Å². The van der Waals surface area contributed by atoms with Crippen molar-refractivity contribution in [3.8, 4) is 0 Å². The molecule has 0 saturated heterocycles. The standard InChI is InChI=1S/C8H10N2O4/c1-3-5-10-6(8(12)13)7(14-5)9-4(2)11/h3H2,1-2H3,(H,9,11)(H,12,13). The Labute approximate surface area is 79.9 Å². The third-order valence-corrected chi connectivity index (χ3v) is 1.47. The summed E-state index contributed by atoms with van der Waals surface area (Å²) in [6.07, 6.45) is 0.472. The van der Waals surface area contributed by atoms with Crippen molar-refractivity contribution in [2.75, 3.05) is 5.32 Å². The maximum atomic E-state index is 10.7. The average Bonchev–Trinajstić information content (AvgIpc) is 2.46. The van der Waals surface area contributed by atoms with Crippen LogP contribution in [-0.2, 0) is 11.2 Å². The van der Waals surface area contributed by atoms with E-state index in [-0.39, 0.29) is 17.5 Å². The number of carboxylic acid groups (broad SMARTS) is 1. The molecule has 1 aromatic heterocycles. The highest BCUT2D eigenvalue weighted by atomic mass is 16.4. The van der Waals surface area contributed by atoms with Crippen LogP contribution in [0, 0.1) is 0 Å². The Morgan fingerprint density at radius 3 is 2.64 bits per heavy atom. The number of hydrogen-bond donors (Lipinski definition) is 2. The predicted molar refractivity (Wildman–Crippen MR) is 47.1 cm³/mol. The van der Waals surface area contributed by atoms with E-state index >= 15 is 0 Å². The van der Waals surface area contributed by atoms with Gasteiger partial charge in [0.25, 0.3) is 0 Å². The molecule has 1 heterocycles. The van der Waals surface area contributed by atoms with Crippen molar-refractivity contribution < 1.29 is 19.1 Å². The normalized spacial score (nSPS) is 9.86. The summed E-state index contributed by atoms with van der Waals surface area (Å²) in [5, 5.41) is 11.0. The summed E-state index contributed by atoms with van der Waals surface area (Å²) in [5.74, 6) is -1.45. The molecular formula is C8H10N2O4. The molecule has 2 N–H and O–H groups in total. The van der Waals surface area contributed by atoms with E-state index < -0.39 is 11.9 Å². The summed E-state index contributed by atoms with van der Waals surface area (Å²) < 4.78 is 5.01. The van der Waals surface area contributed by atoms with Crippen LogP contribution in [0.15, 0.2) is 4.42 Å². The van der Waals surface area contributed by atoms with Crippen molar-refractivity contribution in [3.63, 3.8) is 0 Å². The second-order valence-corrected chi connectivity index (χ2v) is 2.63. The van der Waals surface area contributed by atoms with Gasteiger partial charge in [-0.05, 0) is 0 Å². The number of rotatable bonds is 3. The highest BCUT2D eigenvalue weighted by Gasteiger charge is 2.19. The highest BCUT2D eigenvalue weighted by molar-refractivity contribution is 5.96. The molecule has 0 aliphatic carbocycles. The first kappa shape index (κ1) is 10.2. The van der Waals surface area contributed by atoms with E-state index in [1.54, 1.807) is 6.92 Å². The van der Waals surface area contributed by atoms with Gasteiger partial charge in [-0.3, -0.25) is 10.1 Å². The molecule has 6 nitrogen and oxygen atoms in total. The zero-order chi connectivity index (χ0) is 10.7. The van der Waals surface area contributed by atoms with Gasteiger partial charge in [0, 0.05) is 13.3 Å². The average molecular weight is 198 g/mol. The van der Waals surface area contributed by atoms with Crippen LogP contribution in [0.2, 0.25) is 0 Å². The molecule has 0 fully saturated rings. The molecule has 0 aliphatic rings. The number of carbonyl (C=O) groups is 2. The molecule has 0 spiro atoms. The van der Waals surface area contributed by atoms with Crippen molar-refractivity contribution in [2.24, 2.45) is 0 Å². The van der Waals surface area contributed by atoms with Crippen LogP contribution in [-0.4, -0.2) is 22.0 Å². The minimum Gasteiger partial charge on any atom is -0.476 e. The quantitative estimate of drug-likeness (QED) is 0.752. The maximum absolute atomic E-state index is 10.7. The molecule has 1 rings (SSSR count). The largest absolute Gasteiger partial charge is 0.476 e. The Balaban J connectivity index is 3.05. The molecule has 6 heteroatoms. The molecule has 1 aromatic rings. The van der Waals surface area contributed by atoms with Gasteiger partial charge in [-0.15, -0.1) is 0 Å². The van der Waals surface area contributed by atoms with E-state index in [9.17, 15) is 9.59 Å². The first-order valence-electron chi connectivity index (χ1n) is 4.05. The van der Waals surface area contributed by atoms with Crippen molar-refractivity contribution in [1.29, 1.82) is 0 Å². The number of nitrogens with one attached hydrogen (secondary N) is 1. The fourth-order valence-corrected chi connectivity index (χ4v) is 0.905. The molecule has 0 atom stereocenters. The molecule has 1 amide bonds. The number of carbonyl (C=O) groups excluding carboxylic acids is 1. The summed E-state index contributed by atoms with van der Waals surface area (Å²) in [4.78, 5) is 25.1. The van der Waals surface area contributed by atoms with Gasteiger partial charge in [-0.2, -0.15) is 0 Å². The lowest BCUT2D eigenvalue weighted by Gasteiger charge is -1.95. The fraction of sp³-hybridized carbons (Fsp3) is 0.375. The number of anilines is 1. The summed E-state index contributed by atoms with van der Waals surface area (Å²) in [6.45, 7) is 3.04. The van der Waals surface area contributed by atoms with Crippen molar-refractivity contribution >= 4 is 17.8 Å². The van der Waals surface area contributed by atoms with Crippen molar-refractivity contribution in [2.45, 2.75) is 20.3 Å². The van der Waals surface area contributed by atoms with Crippen molar-refractivity contribution in [3.05, 3.63) is 11.6 Å². The van der Waals surface area contributed by atoms with Crippen LogP contribution >= 0.6 is 0 Å². The van der Waals surface area contributed by atoms with Gasteiger partial charge in [0.05, 0.1) is 0 Å².